The van der Waals surface area contributed by atoms with E-state index < -0.39 is 5.91 Å². The fraction of sp³-hybridized carbons (Fsp3) is 0.214. The van der Waals surface area contributed by atoms with Gasteiger partial charge in [0.15, 0.2) is 17.2 Å². The lowest BCUT2D eigenvalue weighted by Crippen LogP contribution is -2.18. The fourth-order valence-electron chi connectivity index (χ4n) is 2.09. The van der Waals surface area contributed by atoms with Crippen LogP contribution in [-0.4, -0.2) is 21.3 Å². The lowest BCUT2D eigenvalue weighted by atomic mass is 10.2. The minimum atomic E-state index is -0.715. The second kappa shape index (κ2) is 6.57. The van der Waals surface area contributed by atoms with Gasteiger partial charge in [-0.25, -0.2) is 10.5 Å². The molecule has 0 aliphatic carbocycles. The van der Waals surface area contributed by atoms with Gasteiger partial charge in [0, 0.05) is 25.0 Å². The third-order valence-corrected chi connectivity index (χ3v) is 3.90. The van der Waals surface area contributed by atoms with Gasteiger partial charge in [0.25, 0.3) is 5.91 Å². The van der Waals surface area contributed by atoms with E-state index in [9.17, 15) is 4.79 Å². The molecule has 0 saturated carbocycles. The van der Waals surface area contributed by atoms with Crippen molar-refractivity contribution >= 4 is 40.2 Å². The molecule has 0 aliphatic rings. The van der Waals surface area contributed by atoms with Gasteiger partial charge in [-0.05, 0) is 12.5 Å². The lowest BCUT2D eigenvalue weighted by molar-refractivity contribution is 0.0696. The third kappa shape index (κ3) is 3.47. The maximum Gasteiger partial charge on any atom is 0.296 e. The minimum absolute atomic E-state index is 0.0219. The van der Waals surface area contributed by atoms with Crippen LogP contribution in [-0.2, 0) is 12.8 Å². The topological polar surface area (TPSA) is 101 Å². The largest absolute Gasteiger partial charge is 0.441 e. The van der Waals surface area contributed by atoms with Crippen LogP contribution in [0.2, 0.25) is 10.0 Å². The highest BCUT2D eigenvalue weighted by atomic mass is 35.5. The van der Waals surface area contributed by atoms with Crippen LogP contribution in [0.1, 0.15) is 28.6 Å². The van der Waals surface area contributed by atoms with Gasteiger partial charge in [-0.15, -0.1) is 0 Å². The normalized spacial score (nSPS) is 11.1. The Labute approximate surface area is 140 Å². The summed E-state index contributed by atoms with van der Waals surface area (Å²) in [5.41, 5.74) is 2.74. The number of benzene rings is 1. The average molecular weight is 356 g/mol. The number of hydrogen-bond acceptors (Lipinski definition) is 6. The molecule has 3 rings (SSSR count). The van der Waals surface area contributed by atoms with Gasteiger partial charge in [0.05, 0.1) is 10.0 Å². The molecule has 0 bridgehead atoms. The van der Waals surface area contributed by atoms with Gasteiger partial charge < -0.3 is 8.94 Å². The zero-order valence-corrected chi connectivity index (χ0v) is 13.2. The maximum atomic E-state index is 11.1. The summed E-state index contributed by atoms with van der Waals surface area (Å²) >= 11 is 11.9. The third-order valence-electron chi connectivity index (χ3n) is 3.18. The summed E-state index contributed by atoms with van der Waals surface area (Å²) in [5, 5.41) is 12.9. The van der Waals surface area contributed by atoms with E-state index in [2.05, 4.69) is 10.1 Å². The average Bonchev–Trinajstić information content (AvgIpc) is 3.14. The van der Waals surface area contributed by atoms with Crippen LogP contribution in [0.4, 0.5) is 0 Å². The van der Waals surface area contributed by atoms with E-state index in [0.29, 0.717) is 52.1 Å². The van der Waals surface area contributed by atoms with Crippen LogP contribution in [0.3, 0.4) is 0 Å². The van der Waals surface area contributed by atoms with E-state index in [-0.39, 0.29) is 5.69 Å². The van der Waals surface area contributed by atoms with Gasteiger partial charge in [0.1, 0.15) is 11.3 Å². The molecule has 23 heavy (non-hydrogen) atoms. The molecule has 3 aromatic rings. The van der Waals surface area contributed by atoms with Gasteiger partial charge in [0.2, 0.25) is 0 Å². The van der Waals surface area contributed by atoms with Crippen molar-refractivity contribution in [2.45, 2.75) is 19.3 Å². The molecular weight excluding hydrogens is 345 g/mol. The van der Waals surface area contributed by atoms with E-state index in [1.807, 2.05) is 0 Å². The standard InChI is InChI=1S/C14H11Cl2N3O4/c15-8-5-10-12(6-9(8)16)22-13(17-10)3-1-2-7-4-11(19-23-7)14(20)18-21/h4-6,21H,1-3H2,(H,18,20). The Morgan fingerprint density at radius 1 is 1.22 bits per heavy atom. The quantitative estimate of drug-likeness (QED) is 0.537. The van der Waals surface area contributed by atoms with E-state index in [4.69, 9.17) is 37.3 Å². The van der Waals surface area contributed by atoms with Gasteiger partial charge in [-0.1, -0.05) is 28.4 Å². The minimum Gasteiger partial charge on any atom is -0.441 e. The summed E-state index contributed by atoms with van der Waals surface area (Å²) in [4.78, 5) is 15.5. The summed E-state index contributed by atoms with van der Waals surface area (Å²) in [7, 11) is 0. The summed E-state index contributed by atoms with van der Waals surface area (Å²) < 4.78 is 10.6. The SMILES string of the molecule is O=C(NO)c1cc(CCCc2nc3cc(Cl)c(Cl)cc3o2)on1. The summed E-state index contributed by atoms with van der Waals surface area (Å²) in [6.07, 6.45) is 1.81. The number of aromatic nitrogens is 2. The number of aryl methyl sites for hydroxylation is 2. The summed E-state index contributed by atoms with van der Waals surface area (Å²) in [6.45, 7) is 0. The molecule has 120 valence electrons. The van der Waals surface area contributed by atoms with E-state index in [0.717, 1.165) is 0 Å². The predicted octanol–water partition coefficient (Wildman–Crippen LogP) is 3.42. The van der Waals surface area contributed by atoms with Crippen molar-refractivity contribution in [1.29, 1.82) is 0 Å². The molecule has 0 saturated heterocycles. The number of amides is 1. The van der Waals surface area contributed by atoms with Crippen molar-refractivity contribution in [3.63, 3.8) is 0 Å². The molecule has 1 aromatic carbocycles. The summed E-state index contributed by atoms with van der Waals surface area (Å²) in [5.74, 6) is 0.379. The molecule has 2 aromatic heterocycles. The zero-order valence-electron chi connectivity index (χ0n) is 11.7. The molecule has 2 heterocycles. The number of fused-ring (bicyclic) bond motifs is 1. The van der Waals surface area contributed by atoms with Crippen LogP contribution in [0, 0.1) is 0 Å². The number of carbonyl (C=O) groups is 1. The van der Waals surface area contributed by atoms with Crippen molar-refractivity contribution in [1.82, 2.24) is 15.6 Å². The van der Waals surface area contributed by atoms with Gasteiger partial charge in [-0.3, -0.25) is 10.0 Å². The first kappa shape index (κ1) is 15.8. The lowest BCUT2D eigenvalue weighted by Gasteiger charge is -1.93. The number of halogens is 2. The molecule has 0 aliphatic heterocycles. The highest BCUT2D eigenvalue weighted by Crippen LogP contribution is 2.28. The summed E-state index contributed by atoms with van der Waals surface area (Å²) in [6, 6.07) is 4.76. The molecule has 0 atom stereocenters. The molecule has 0 radical (unpaired) electrons. The number of nitrogens with one attached hydrogen (secondary N) is 1. The Morgan fingerprint density at radius 3 is 2.78 bits per heavy atom. The molecule has 2 N–H and O–H groups in total. The Morgan fingerprint density at radius 2 is 2.00 bits per heavy atom. The van der Waals surface area contributed by atoms with Crippen LogP contribution in [0.15, 0.2) is 27.1 Å². The number of oxazole rings is 1. The number of nitrogens with zero attached hydrogens (tertiary/aromatic N) is 2. The first-order valence-corrected chi connectivity index (χ1v) is 7.47. The van der Waals surface area contributed by atoms with Gasteiger partial charge in [-0.2, -0.15) is 0 Å². The Bertz CT molecular complexity index is 820. The van der Waals surface area contributed by atoms with Crippen LogP contribution < -0.4 is 5.48 Å². The van der Waals surface area contributed by atoms with Crippen LogP contribution in [0.5, 0.6) is 0 Å². The van der Waals surface area contributed by atoms with E-state index in [1.54, 1.807) is 12.1 Å². The predicted molar refractivity (Wildman–Crippen MR) is 81.8 cm³/mol. The molecule has 0 unspecified atom stereocenters. The van der Waals surface area contributed by atoms with Crippen molar-refractivity contribution < 1.29 is 18.9 Å². The monoisotopic (exact) mass is 355 g/mol. The number of hydrogen-bond donors (Lipinski definition) is 2. The van der Waals surface area contributed by atoms with Crippen molar-refractivity contribution in [2.24, 2.45) is 0 Å². The number of hydroxylamine groups is 1. The molecule has 9 heteroatoms. The maximum absolute atomic E-state index is 11.1. The van der Waals surface area contributed by atoms with Crippen molar-refractivity contribution in [3.8, 4) is 0 Å². The Balaban J connectivity index is 1.62. The van der Waals surface area contributed by atoms with Crippen LogP contribution in [0.25, 0.3) is 11.1 Å². The molecule has 1 amide bonds. The van der Waals surface area contributed by atoms with E-state index in [1.165, 1.54) is 11.5 Å². The number of carbonyl (C=O) groups excluding carboxylic acids is 1. The molecular formula is C14H11Cl2N3O4. The molecule has 0 fully saturated rings. The first-order valence-electron chi connectivity index (χ1n) is 6.71. The van der Waals surface area contributed by atoms with Crippen molar-refractivity contribution in [2.75, 3.05) is 0 Å². The smallest absolute Gasteiger partial charge is 0.296 e. The highest BCUT2D eigenvalue weighted by Gasteiger charge is 2.13. The Hall–Kier alpha value is -2.09. The second-order valence-electron chi connectivity index (χ2n) is 4.81. The van der Waals surface area contributed by atoms with E-state index >= 15 is 0 Å². The first-order chi connectivity index (χ1) is 11.1. The second-order valence-corrected chi connectivity index (χ2v) is 5.63. The fourth-order valence-corrected chi connectivity index (χ4v) is 2.40. The molecule has 7 nitrogen and oxygen atoms in total. The number of rotatable bonds is 5. The van der Waals surface area contributed by atoms with Crippen LogP contribution >= 0.6 is 23.2 Å². The highest BCUT2D eigenvalue weighted by molar-refractivity contribution is 6.42. The van der Waals surface area contributed by atoms with Gasteiger partial charge >= 0.3 is 0 Å². The molecule has 0 spiro atoms. The zero-order chi connectivity index (χ0) is 16.4. The van der Waals surface area contributed by atoms with Crippen molar-refractivity contribution in [3.05, 3.63) is 45.6 Å². The Kier molecular flexibility index (Phi) is 4.51.